The minimum absolute atomic E-state index is 0. The molecule has 6 heteroatoms. The lowest BCUT2D eigenvalue weighted by molar-refractivity contribution is -0.122. The van der Waals surface area contributed by atoms with Crippen LogP contribution in [0.5, 0.6) is 0 Å². The van der Waals surface area contributed by atoms with Crippen LogP contribution in [0.1, 0.15) is 31.4 Å². The van der Waals surface area contributed by atoms with Gasteiger partial charge in [-0.05, 0) is 25.0 Å². The maximum atomic E-state index is 12.2. The Balaban J connectivity index is 0.00000161. The molecule has 1 aromatic heterocycles. The van der Waals surface area contributed by atoms with Crippen LogP contribution in [0.25, 0.3) is 11.0 Å². The molecule has 1 amide bonds. The topological polar surface area (TPSA) is 81.1 Å². The smallest absolute Gasteiger partial charge is 0.226 e. The normalized spacial score (nSPS) is 16.6. The fraction of sp³-hybridized carbons (Fsp3) is 0.467. The van der Waals surface area contributed by atoms with Gasteiger partial charge in [0, 0.05) is 11.9 Å². The van der Waals surface area contributed by atoms with Crippen molar-refractivity contribution in [1.29, 1.82) is 0 Å². The minimum Gasteiger partial charge on any atom is -0.356 e. The number of para-hydroxylation sites is 1. The van der Waals surface area contributed by atoms with Gasteiger partial charge in [-0.25, -0.2) is 0 Å². The van der Waals surface area contributed by atoms with E-state index in [9.17, 15) is 4.79 Å². The number of amides is 1. The van der Waals surface area contributed by atoms with E-state index in [4.69, 9.17) is 10.3 Å². The minimum atomic E-state index is -0.212. The number of carbonyl (C=O) groups excluding carboxylic acids is 1. The first-order valence-corrected chi connectivity index (χ1v) is 7.07. The Kier molecular flexibility index (Phi) is 4.85. The molecule has 0 saturated heterocycles. The summed E-state index contributed by atoms with van der Waals surface area (Å²) in [7, 11) is 0. The Morgan fingerprint density at radius 1 is 1.33 bits per heavy atom. The first-order chi connectivity index (χ1) is 9.72. The maximum Gasteiger partial charge on any atom is 0.226 e. The summed E-state index contributed by atoms with van der Waals surface area (Å²) in [4.78, 5) is 12.2. The molecule has 1 heterocycles. The molecule has 1 fully saturated rings. The van der Waals surface area contributed by atoms with E-state index in [1.54, 1.807) is 0 Å². The first-order valence-electron chi connectivity index (χ1n) is 7.07. The van der Waals surface area contributed by atoms with Crippen LogP contribution in [0.3, 0.4) is 0 Å². The summed E-state index contributed by atoms with van der Waals surface area (Å²) in [5.74, 6) is -0.0311. The predicted molar refractivity (Wildman–Crippen MR) is 83.4 cm³/mol. The highest BCUT2D eigenvalue weighted by Gasteiger charge is 2.33. The molecule has 0 bridgehead atoms. The lowest BCUT2D eigenvalue weighted by Gasteiger charge is -2.28. The fourth-order valence-electron chi connectivity index (χ4n) is 2.99. The summed E-state index contributed by atoms with van der Waals surface area (Å²) in [5, 5.41) is 7.99. The summed E-state index contributed by atoms with van der Waals surface area (Å²) >= 11 is 0. The number of hydrogen-bond donors (Lipinski definition) is 2. The zero-order valence-corrected chi connectivity index (χ0v) is 12.6. The Bertz CT molecular complexity index is 620. The van der Waals surface area contributed by atoms with Gasteiger partial charge in [-0.2, -0.15) is 0 Å². The Labute approximate surface area is 129 Å². The number of halogens is 1. The Morgan fingerprint density at radius 3 is 2.76 bits per heavy atom. The highest BCUT2D eigenvalue weighted by atomic mass is 35.5. The zero-order chi connectivity index (χ0) is 14.0. The van der Waals surface area contributed by atoms with Crippen LogP contribution in [0.15, 0.2) is 28.8 Å². The largest absolute Gasteiger partial charge is 0.356 e. The number of carbonyl (C=O) groups is 1. The second-order valence-electron chi connectivity index (χ2n) is 5.54. The molecule has 0 atom stereocenters. The number of hydrogen-bond acceptors (Lipinski definition) is 4. The van der Waals surface area contributed by atoms with Crippen LogP contribution in [0, 0.1) is 0 Å². The van der Waals surface area contributed by atoms with E-state index in [1.165, 1.54) is 0 Å². The number of nitrogens with one attached hydrogen (secondary N) is 1. The van der Waals surface area contributed by atoms with Gasteiger partial charge in [-0.15, -0.1) is 12.4 Å². The van der Waals surface area contributed by atoms with Gasteiger partial charge in [-0.1, -0.05) is 30.1 Å². The second kappa shape index (κ2) is 6.45. The van der Waals surface area contributed by atoms with Crippen molar-refractivity contribution < 1.29 is 9.32 Å². The van der Waals surface area contributed by atoms with Crippen molar-refractivity contribution >= 4 is 29.3 Å². The molecule has 3 rings (SSSR count). The molecular weight excluding hydrogens is 290 g/mol. The van der Waals surface area contributed by atoms with E-state index in [1.807, 2.05) is 24.3 Å². The molecule has 1 aliphatic rings. The van der Waals surface area contributed by atoms with Gasteiger partial charge in [0.2, 0.25) is 5.91 Å². The number of aromatic nitrogens is 1. The van der Waals surface area contributed by atoms with E-state index in [-0.39, 0.29) is 30.3 Å². The molecule has 21 heavy (non-hydrogen) atoms. The standard InChI is InChI=1S/C15H19N3O2.ClH/c16-10-15(7-3-4-8-15)17-14(19)9-12-11-5-1-2-6-13(11)20-18-12;/h1-2,5-6H,3-4,7-10,16H2,(H,17,19);1H. The predicted octanol–water partition coefficient (Wildman–Crippen LogP) is 2.18. The first kappa shape index (κ1) is 15.8. The molecule has 1 aliphatic carbocycles. The lowest BCUT2D eigenvalue weighted by atomic mass is 9.97. The van der Waals surface area contributed by atoms with Crippen molar-refractivity contribution in [2.24, 2.45) is 5.73 Å². The van der Waals surface area contributed by atoms with Crippen molar-refractivity contribution in [3.05, 3.63) is 30.0 Å². The number of benzene rings is 1. The summed E-state index contributed by atoms with van der Waals surface area (Å²) in [6, 6.07) is 7.57. The van der Waals surface area contributed by atoms with Crippen LogP contribution in [-0.4, -0.2) is 23.1 Å². The molecule has 1 aromatic carbocycles. The average molecular weight is 310 g/mol. The van der Waals surface area contributed by atoms with E-state index < -0.39 is 0 Å². The molecule has 0 aliphatic heterocycles. The SMILES string of the molecule is Cl.NCC1(NC(=O)Cc2noc3ccccc23)CCCC1. The molecule has 114 valence electrons. The van der Waals surface area contributed by atoms with E-state index in [2.05, 4.69) is 10.5 Å². The molecular formula is C15H20ClN3O2. The van der Waals surface area contributed by atoms with E-state index >= 15 is 0 Å². The highest BCUT2D eigenvalue weighted by molar-refractivity contribution is 5.86. The van der Waals surface area contributed by atoms with Crippen LogP contribution in [0.4, 0.5) is 0 Å². The fourth-order valence-corrected chi connectivity index (χ4v) is 2.99. The number of fused-ring (bicyclic) bond motifs is 1. The third-order valence-corrected chi connectivity index (χ3v) is 4.14. The van der Waals surface area contributed by atoms with Crippen molar-refractivity contribution in [1.82, 2.24) is 10.5 Å². The molecule has 0 spiro atoms. The van der Waals surface area contributed by atoms with Crippen molar-refractivity contribution in [2.45, 2.75) is 37.6 Å². The van der Waals surface area contributed by atoms with Crippen LogP contribution in [0.2, 0.25) is 0 Å². The monoisotopic (exact) mass is 309 g/mol. The van der Waals surface area contributed by atoms with Gasteiger partial charge in [0.15, 0.2) is 5.58 Å². The van der Waals surface area contributed by atoms with Crippen molar-refractivity contribution in [3.63, 3.8) is 0 Å². The molecule has 2 aromatic rings. The summed E-state index contributed by atoms with van der Waals surface area (Å²) in [5.41, 5.74) is 7.02. The zero-order valence-electron chi connectivity index (χ0n) is 11.8. The van der Waals surface area contributed by atoms with Gasteiger partial charge in [0.25, 0.3) is 0 Å². The van der Waals surface area contributed by atoms with Gasteiger partial charge in [0.05, 0.1) is 12.0 Å². The maximum absolute atomic E-state index is 12.2. The third-order valence-electron chi connectivity index (χ3n) is 4.14. The van der Waals surface area contributed by atoms with Crippen LogP contribution >= 0.6 is 12.4 Å². The van der Waals surface area contributed by atoms with E-state index in [0.717, 1.165) is 31.1 Å². The number of rotatable bonds is 4. The molecule has 5 nitrogen and oxygen atoms in total. The van der Waals surface area contributed by atoms with Gasteiger partial charge in [0.1, 0.15) is 5.69 Å². The quantitative estimate of drug-likeness (QED) is 0.907. The van der Waals surface area contributed by atoms with Crippen molar-refractivity contribution in [2.75, 3.05) is 6.54 Å². The molecule has 1 saturated carbocycles. The van der Waals surface area contributed by atoms with E-state index in [0.29, 0.717) is 17.8 Å². The Hall–Kier alpha value is -1.59. The van der Waals surface area contributed by atoms with Crippen molar-refractivity contribution in [3.8, 4) is 0 Å². The average Bonchev–Trinajstić information content (AvgIpc) is 3.07. The third kappa shape index (κ3) is 3.19. The van der Waals surface area contributed by atoms with Gasteiger partial charge < -0.3 is 15.6 Å². The summed E-state index contributed by atoms with van der Waals surface area (Å²) in [6.07, 6.45) is 4.43. The number of nitrogens with two attached hydrogens (primary N) is 1. The van der Waals surface area contributed by atoms with Gasteiger partial charge in [-0.3, -0.25) is 4.79 Å². The molecule has 0 unspecified atom stereocenters. The summed E-state index contributed by atoms with van der Waals surface area (Å²) in [6.45, 7) is 0.498. The molecule has 3 N–H and O–H groups in total. The van der Waals surface area contributed by atoms with Crippen LogP contribution in [-0.2, 0) is 11.2 Å². The summed E-state index contributed by atoms with van der Waals surface area (Å²) < 4.78 is 5.22. The highest BCUT2D eigenvalue weighted by Crippen LogP contribution is 2.28. The van der Waals surface area contributed by atoms with Gasteiger partial charge >= 0.3 is 0 Å². The molecule has 0 radical (unpaired) electrons. The number of nitrogens with zero attached hydrogens (tertiary/aromatic N) is 1. The lowest BCUT2D eigenvalue weighted by Crippen LogP contribution is -2.52. The second-order valence-corrected chi connectivity index (χ2v) is 5.54. The van der Waals surface area contributed by atoms with Crippen LogP contribution < -0.4 is 11.1 Å². The Morgan fingerprint density at radius 2 is 2.05 bits per heavy atom.